The summed E-state index contributed by atoms with van der Waals surface area (Å²) < 4.78 is 18.7. The van der Waals surface area contributed by atoms with Gasteiger partial charge < -0.3 is 4.74 Å². The van der Waals surface area contributed by atoms with E-state index in [1.807, 2.05) is 0 Å². The maximum atomic E-state index is 13.1. The summed E-state index contributed by atoms with van der Waals surface area (Å²) in [7, 11) is 0. The molecular weight excluding hydrogens is 227 g/mol. The van der Waals surface area contributed by atoms with Crippen LogP contribution in [0.25, 0.3) is 0 Å². The lowest BCUT2D eigenvalue weighted by Gasteiger charge is -2.12. The molecule has 3 heteroatoms. The largest absolute Gasteiger partial charge is 0.493 e. The van der Waals surface area contributed by atoms with Crippen LogP contribution in [0, 0.1) is 11.7 Å². The lowest BCUT2D eigenvalue weighted by atomic mass is 10.1. The minimum Gasteiger partial charge on any atom is -0.493 e. The first-order chi connectivity index (χ1) is 7.65. The number of hydrogen-bond acceptors (Lipinski definition) is 1. The molecule has 0 amide bonds. The highest BCUT2D eigenvalue weighted by atomic mass is 35.5. The molecule has 0 spiro atoms. The monoisotopic (exact) mass is 244 g/mol. The first-order valence-electron chi connectivity index (χ1n) is 5.64. The molecule has 1 aromatic carbocycles. The molecule has 0 aliphatic carbocycles. The molecule has 0 heterocycles. The third-order valence-corrected chi connectivity index (χ3v) is 2.71. The molecule has 90 valence electrons. The summed E-state index contributed by atoms with van der Waals surface area (Å²) in [6, 6.07) is 4.61. The van der Waals surface area contributed by atoms with Gasteiger partial charge in [-0.15, -0.1) is 11.6 Å². The fourth-order valence-electron chi connectivity index (χ4n) is 1.60. The van der Waals surface area contributed by atoms with Gasteiger partial charge in [0.05, 0.1) is 6.61 Å². The normalized spacial score (nSPS) is 12.5. The van der Waals surface area contributed by atoms with Gasteiger partial charge in [0.25, 0.3) is 0 Å². The molecule has 0 aromatic heterocycles. The summed E-state index contributed by atoms with van der Waals surface area (Å²) in [4.78, 5) is 0. The van der Waals surface area contributed by atoms with Gasteiger partial charge in [0.15, 0.2) is 0 Å². The molecule has 1 atom stereocenters. The van der Waals surface area contributed by atoms with Gasteiger partial charge >= 0.3 is 0 Å². The zero-order valence-corrected chi connectivity index (χ0v) is 10.6. The van der Waals surface area contributed by atoms with Gasteiger partial charge in [-0.1, -0.05) is 20.3 Å². The Morgan fingerprint density at radius 3 is 2.75 bits per heavy atom. The summed E-state index contributed by atoms with van der Waals surface area (Å²) in [5.41, 5.74) is 0.750. The average Bonchev–Trinajstić information content (AvgIpc) is 2.26. The minimum atomic E-state index is -0.295. The zero-order chi connectivity index (χ0) is 12.0. The second-order valence-corrected chi connectivity index (χ2v) is 4.40. The van der Waals surface area contributed by atoms with Gasteiger partial charge in [0.1, 0.15) is 11.6 Å². The molecule has 1 aromatic rings. The smallest absolute Gasteiger partial charge is 0.127 e. The van der Waals surface area contributed by atoms with Crippen molar-refractivity contribution in [3.8, 4) is 5.75 Å². The van der Waals surface area contributed by atoms with Crippen molar-refractivity contribution in [2.24, 2.45) is 5.92 Å². The number of rotatable bonds is 6. The maximum Gasteiger partial charge on any atom is 0.127 e. The Kier molecular flexibility index (Phi) is 5.61. The molecule has 0 N–H and O–H groups in total. The molecule has 0 fully saturated rings. The van der Waals surface area contributed by atoms with Crippen molar-refractivity contribution in [2.75, 3.05) is 6.61 Å². The lowest BCUT2D eigenvalue weighted by molar-refractivity contribution is 0.250. The average molecular weight is 245 g/mol. The van der Waals surface area contributed by atoms with E-state index in [1.54, 1.807) is 6.07 Å². The van der Waals surface area contributed by atoms with E-state index in [4.69, 9.17) is 16.3 Å². The molecule has 1 nitrogen and oxygen atoms in total. The van der Waals surface area contributed by atoms with E-state index in [-0.39, 0.29) is 5.82 Å². The van der Waals surface area contributed by atoms with Gasteiger partial charge in [0, 0.05) is 11.9 Å². The standard InChI is InChI=1S/C13H18ClFO/c1-3-4-10(2)9-16-13-6-11(8-14)5-12(15)7-13/h5-7,10H,3-4,8-9H2,1-2H3. The van der Waals surface area contributed by atoms with E-state index >= 15 is 0 Å². The summed E-state index contributed by atoms with van der Waals surface area (Å²) in [5.74, 6) is 1.07. The fourth-order valence-corrected chi connectivity index (χ4v) is 1.75. The SMILES string of the molecule is CCCC(C)COc1cc(F)cc(CCl)c1. The molecule has 0 aliphatic heterocycles. The Balaban J connectivity index is 2.56. The van der Waals surface area contributed by atoms with Gasteiger partial charge in [-0.25, -0.2) is 4.39 Å². The summed E-state index contributed by atoms with van der Waals surface area (Å²) in [6.45, 7) is 4.90. The van der Waals surface area contributed by atoms with Crippen molar-refractivity contribution in [3.05, 3.63) is 29.6 Å². The van der Waals surface area contributed by atoms with Gasteiger partial charge in [-0.3, -0.25) is 0 Å². The van der Waals surface area contributed by atoms with Crippen LogP contribution < -0.4 is 4.74 Å². The highest BCUT2D eigenvalue weighted by molar-refractivity contribution is 6.17. The summed E-state index contributed by atoms with van der Waals surface area (Å²) >= 11 is 5.66. The predicted octanol–water partition coefficient (Wildman–Crippen LogP) is 4.38. The Morgan fingerprint density at radius 2 is 2.12 bits per heavy atom. The van der Waals surface area contributed by atoms with Crippen LogP contribution in [-0.4, -0.2) is 6.61 Å². The topological polar surface area (TPSA) is 9.23 Å². The van der Waals surface area contributed by atoms with Crippen LogP contribution in [0.2, 0.25) is 0 Å². The molecule has 0 saturated carbocycles. The van der Waals surface area contributed by atoms with E-state index in [0.717, 1.165) is 18.4 Å². The molecule has 0 bridgehead atoms. The Bertz CT molecular complexity index is 328. The van der Waals surface area contributed by atoms with E-state index in [0.29, 0.717) is 24.2 Å². The van der Waals surface area contributed by atoms with Crippen LogP contribution in [0.5, 0.6) is 5.75 Å². The van der Waals surface area contributed by atoms with Crippen molar-refractivity contribution in [1.82, 2.24) is 0 Å². The van der Waals surface area contributed by atoms with Crippen LogP contribution in [0.4, 0.5) is 4.39 Å². The van der Waals surface area contributed by atoms with Crippen molar-refractivity contribution < 1.29 is 9.13 Å². The van der Waals surface area contributed by atoms with Crippen LogP contribution in [-0.2, 0) is 5.88 Å². The number of ether oxygens (including phenoxy) is 1. The molecular formula is C13H18ClFO. The second kappa shape index (κ2) is 6.74. The number of hydrogen-bond donors (Lipinski definition) is 0. The Hall–Kier alpha value is -0.760. The van der Waals surface area contributed by atoms with Crippen molar-refractivity contribution in [3.63, 3.8) is 0 Å². The lowest BCUT2D eigenvalue weighted by Crippen LogP contribution is -2.08. The zero-order valence-electron chi connectivity index (χ0n) is 9.80. The van der Waals surface area contributed by atoms with E-state index in [1.165, 1.54) is 12.1 Å². The van der Waals surface area contributed by atoms with Crippen molar-refractivity contribution in [1.29, 1.82) is 0 Å². The highest BCUT2D eigenvalue weighted by Crippen LogP contribution is 2.19. The Morgan fingerprint density at radius 1 is 1.38 bits per heavy atom. The third-order valence-electron chi connectivity index (χ3n) is 2.40. The molecule has 1 unspecified atom stereocenters. The van der Waals surface area contributed by atoms with Crippen LogP contribution in [0.15, 0.2) is 18.2 Å². The van der Waals surface area contributed by atoms with Crippen LogP contribution in [0.1, 0.15) is 32.3 Å². The third kappa shape index (κ3) is 4.40. The first-order valence-corrected chi connectivity index (χ1v) is 6.17. The number of halogens is 2. The Labute approximate surface area is 102 Å². The van der Waals surface area contributed by atoms with E-state index < -0.39 is 0 Å². The summed E-state index contributed by atoms with van der Waals surface area (Å²) in [5, 5.41) is 0. The fraction of sp³-hybridized carbons (Fsp3) is 0.538. The number of alkyl halides is 1. The van der Waals surface area contributed by atoms with E-state index in [2.05, 4.69) is 13.8 Å². The molecule has 1 rings (SSSR count). The summed E-state index contributed by atoms with van der Waals surface area (Å²) in [6.07, 6.45) is 2.26. The minimum absolute atomic E-state index is 0.295. The molecule has 0 saturated heterocycles. The van der Waals surface area contributed by atoms with Gasteiger partial charge in [-0.05, 0) is 30.0 Å². The molecule has 16 heavy (non-hydrogen) atoms. The second-order valence-electron chi connectivity index (χ2n) is 4.13. The van der Waals surface area contributed by atoms with Crippen molar-refractivity contribution in [2.45, 2.75) is 32.6 Å². The van der Waals surface area contributed by atoms with Gasteiger partial charge in [0.2, 0.25) is 0 Å². The first kappa shape index (κ1) is 13.3. The maximum absolute atomic E-state index is 13.1. The van der Waals surface area contributed by atoms with E-state index in [9.17, 15) is 4.39 Å². The molecule has 0 radical (unpaired) electrons. The van der Waals surface area contributed by atoms with Crippen molar-refractivity contribution >= 4 is 11.6 Å². The number of benzene rings is 1. The highest BCUT2D eigenvalue weighted by Gasteiger charge is 2.04. The predicted molar refractivity (Wildman–Crippen MR) is 65.5 cm³/mol. The molecule has 0 aliphatic rings. The quantitative estimate of drug-likeness (QED) is 0.675. The van der Waals surface area contributed by atoms with Gasteiger partial charge in [-0.2, -0.15) is 0 Å². The van der Waals surface area contributed by atoms with Crippen LogP contribution >= 0.6 is 11.6 Å². The van der Waals surface area contributed by atoms with Crippen LogP contribution in [0.3, 0.4) is 0 Å².